The molecule has 2 rings (SSSR count). The van der Waals surface area contributed by atoms with Crippen LogP contribution < -0.4 is 0 Å². The van der Waals surface area contributed by atoms with Crippen molar-refractivity contribution in [2.75, 3.05) is 11.6 Å². The maximum Gasteiger partial charge on any atom is 0.276 e. The standard InChI is InChI=1S/C11H11ClN2O2S/c12-6-9(15)7-17-11-14-13-10(16-11)8-4-2-1-3-5-8/h1-5,9,15H,6-7H2/t9-/m1/s1. The molecule has 0 radical (unpaired) electrons. The highest BCUT2D eigenvalue weighted by atomic mass is 35.5. The third kappa shape index (κ3) is 3.46. The molecule has 4 nitrogen and oxygen atoms in total. The first kappa shape index (κ1) is 12.4. The smallest absolute Gasteiger partial charge is 0.276 e. The summed E-state index contributed by atoms with van der Waals surface area (Å²) in [6, 6.07) is 9.53. The van der Waals surface area contributed by atoms with E-state index >= 15 is 0 Å². The quantitative estimate of drug-likeness (QED) is 0.668. The fourth-order valence-corrected chi connectivity index (χ4v) is 2.11. The number of rotatable bonds is 5. The lowest BCUT2D eigenvalue weighted by Crippen LogP contribution is -2.10. The third-order valence-electron chi connectivity index (χ3n) is 2.00. The van der Waals surface area contributed by atoms with Gasteiger partial charge in [0.25, 0.3) is 5.22 Å². The molecule has 0 amide bonds. The van der Waals surface area contributed by atoms with Gasteiger partial charge in [-0.05, 0) is 12.1 Å². The molecular weight excluding hydrogens is 260 g/mol. The van der Waals surface area contributed by atoms with Crippen molar-refractivity contribution in [1.29, 1.82) is 0 Å². The predicted octanol–water partition coefficient (Wildman–Crippen LogP) is 2.43. The molecule has 6 heteroatoms. The SMILES string of the molecule is O[C@H](CCl)CSc1nnc(-c2ccccc2)o1. The summed E-state index contributed by atoms with van der Waals surface area (Å²) in [6.07, 6.45) is -0.561. The van der Waals surface area contributed by atoms with Crippen LogP contribution in [0.4, 0.5) is 0 Å². The second kappa shape index (κ2) is 6.05. The Bertz CT molecular complexity index is 464. The van der Waals surface area contributed by atoms with Crippen LogP contribution in [0.25, 0.3) is 11.5 Å². The monoisotopic (exact) mass is 270 g/mol. The van der Waals surface area contributed by atoms with Crippen molar-refractivity contribution in [3.05, 3.63) is 30.3 Å². The minimum atomic E-state index is -0.561. The van der Waals surface area contributed by atoms with Gasteiger partial charge in [-0.1, -0.05) is 30.0 Å². The van der Waals surface area contributed by atoms with Crippen molar-refractivity contribution in [3.63, 3.8) is 0 Å². The van der Waals surface area contributed by atoms with Gasteiger partial charge in [-0.25, -0.2) is 0 Å². The Morgan fingerprint density at radius 3 is 2.76 bits per heavy atom. The van der Waals surface area contributed by atoms with Crippen LogP contribution in [0.5, 0.6) is 0 Å². The van der Waals surface area contributed by atoms with Crippen LogP contribution in [-0.2, 0) is 0 Å². The summed E-state index contributed by atoms with van der Waals surface area (Å²) in [5.41, 5.74) is 0.879. The van der Waals surface area contributed by atoms with Gasteiger partial charge in [0, 0.05) is 17.2 Å². The van der Waals surface area contributed by atoms with E-state index in [0.29, 0.717) is 16.9 Å². The zero-order valence-corrected chi connectivity index (χ0v) is 10.5. The van der Waals surface area contributed by atoms with Crippen LogP contribution in [0.3, 0.4) is 0 Å². The Hall–Kier alpha value is -1.04. The number of hydrogen-bond donors (Lipinski definition) is 1. The van der Waals surface area contributed by atoms with E-state index in [1.54, 1.807) is 0 Å². The zero-order chi connectivity index (χ0) is 12.1. The third-order valence-corrected chi connectivity index (χ3v) is 3.32. The topological polar surface area (TPSA) is 59.2 Å². The lowest BCUT2D eigenvalue weighted by Gasteiger charge is -2.01. The van der Waals surface area contributed by atoms with E-state index in [0.717, 1.165) is 5.56 Å². The first-order valence-electron chi connectivity index (χ1n) is 5.05. The Labute approximate surface area is 108 Å². The lowest BCUT2D eigenvalue weighted by molar-refractivity contribution is 0.223. The molecule has 17 heavy (non-hydrogen) atoms. The molecule has 0 saturated heterocycles. The van der Waals surface area contributed by atoms with Gasteiger partial charge in [0.15, 0.2) is 0 Å². The minimum absolute atomic E-state index is 0.201. The molecule has 90 valence electrons. The summed E-state index contributed by atoms with van der Waals surface area (Å²) in [5.74, 6) is 1.13. The Balaban J connectivity index is 2.01. The van der Waals surface area contributed by atoms with Crippen molar-refractivity contribution in [2.45, 2.75) is 11.3 Å². The molecule has 1 atom stereocenters. The number of benzene rings is 1. The molecule has 0 bridgehead atoms. The molecule has 1 aromatic carbocycles. The largest absolute Gasteiger partial charge is 0.411 e. The predicted molar refractivity (Wildman–Crippen MR) is 67.2 cm³/mol. The van der Waals surface area contributed by atoms with Crippen LogP contribution in [0.1, 0.15) is 0 Å². The first-order valence-corrected chi connectivity index (χ1v) is 6.57. The molecule has 0 aliphatic rings. The van der Waals surface area contributed by atoms with Gasteiger partial charge in [0.1, 0.15) is 0 Å². The highest BCUT2D eigenvalue weighted by Gasteiger charge is 2.10. The van der Waals surface area contributed by atoms with Gasteiger partial charge in [-0.2, -0.15) is 0 Å². The number of halogens is 1. The molecule has 0 fully saturated rings. The molecular formula is C11H11ClN2O2S. The highest BCUT2D eigenvalue weighted by Crippen LogP contribution is 2.23. The van der Waals surface area contributed by atoms with Crippen molar-refractivity contribution in [1.82, 2.24) is 10.2 Å². The summed E-state index contributed by atoms with van der Waals surface area (Å²) in [6.45, 7) is 0. The molecule has 1 aromatic heterocycles. The van der Waals surface area contributed by atoms with Crippen molar-refractivity contribution < 1.29 is 9.52 Å². The molecule has 0 spiro atoms. The van der Waals surface area contributed by atoms with Crippen LogP contribution in [0.2, 0.25) is 0 Å². The number of aromatic nitrogens is 2. The lowest BCUT2D eigenvalue weighted by atomic mass is 10.2. The van der Waals surface area contributed by atoms with Gasteiger partial charge in [-0.3, -0.25) is 0 Å². The Kier molecular flexibility index (Phi) is 4.42. The average molecular weight is 271 g/mol. The van der Waals surface area contributed by atoms with Gasteiger partial charge in [-0.15, -0.1) is 21.8 Å². The summed E-state index contributed by atoms with van der Waals surface area (Å²) >= 11 is 6.78. The van der Waals surface area contributed by atoms with Crippen LogP contribution in [-0.4, -0.2) is 33.0 Å². The second-order valence-electron chi connectivity index (χ2n) is 3.36. The maximum absolute atomic E-state index is 9.30. The van der Waals surface area contributed by atoms with E-state index in [-0.39, 0.29) is 5.88 Å². The normalized spacial score (nSPS) is 12.6. The van der Waals surface area contributed by atoms with E-state index in [9.17, 15) is 5.11 Å². The van der Waals surface area contributed by atoms with E-state index in [2.05, 4.69) is 10.2 Å². The van der Waals surface area contributed by atoms with E-state index in [1.165, 1.54) is 11.8 Å². The Morgan fingerprint density at radius 2 is 2.06 bits per heavy atom. The number of nitrogens with zero attached hydrogens (tertiary/aromatic N) is 2. The number of alkyl halides is 1. The number of hydrogen-bond acceptors (Lipinski definition) is 5. The first-order chi connectivity index (χ1) is 8.29. The number of thioether (sulfide) groups is 1. The Morgan fingerprint density at radius 1 is 1.29 bits per heavy atom. The zero-order valence-electron chi connectivity index (χ0n) is 8.91. The van der Waals surface area contributed by atoms with Crippen LogP contribution >= 0.6 is 23.4 Å². The van der Waals surface area contributed by atoms with Gasteiger partial charge in [0.05, 0.1) is 6.10 Å². The average Bonchev–Trinajstić information content (AvgIpc) is 2.86. The summed E-state index contributed by atoms with van der Waals surface area (Å²) in [4.78, 5) is 0. The second-order valence-corrected chi connectivity index (χ2v) is 4.64. The fourth-order valence-electron chi connectivity index (χ4n) is 1.18. The highest BCUT2D eigenvalue weighted by molar-refractivity contribution is 7.99. The fraction of sp³-hybridized carbons (Fsp3) is 0.273. The van der Waals surface area contributed by atoms with E-state index in [4.69, 9.17) is 16.0 Å². The molecule has 1 heterocycles. The molecule has 0 saturated carbocycles. The van der Waals surface area contributed by atoms with E-state index < -0.39 is 6.10 Å². The van der Waals surface area contributed by atoms with Gasteiger partial charge < -0.3 is 9.52 Å². The summed E-state index contributed by atoms with van der Waals surface area (Å²) in [7, 11) is 0. The summed E-state index contributed by atoms with van der Waals surface area (Å²) in [5, 5.41) is 17.6. The van der Waals surface area contributed by atoms with Gasteiger partial charge in [0.2, 0.25) is 5.89 Å². The van der Waals surface area contributed by atoms with Crippen molar-refractivity contribution in [2.24, 2.45) is 0 Å². The van der Waals surface area contributed by atoms with Crippen LogP contribution in [0.15, 0.2) is 40.0 Å². The van der Waals surface area contributed by atoms with E-state index in [1.807, 2.05) is 30.3 Å². The molecule has 0 aliphatic carbocycles. The molecule has 0 unspecified atom stereocenters. The van der Waals surface area contributed by atoms with Crippen molar-refractivity contribution >= 4 is 23.4 Å². The molecule has 2 aromatic rings. The minimum Gasteiger partial charge on any atom is -0.411 e. The maximum atomic E-state index is 9.30. The van der Waals surface area contributed by atoms with Gasteiger partial charge >= 0.3 is 0 Å². The number of aliphatic hydroxyl groups excluding tert-OH is 1. The van der Waals surface area contributed by atoms with Crippen LogP contribution in [0, 0.1) is 0 Å². The molecule has 1 N–H and O–H groups in total. The van der Waals surface area contributed by atoms with Crippen molar-refractivity contribution in [3.8, 4) is 11.5 Å². The molecule has 0 aliphatic heterocycles. The summed E-state index contributed by atoms with van der Waals surface area (Å²) < 4.78 is 5.45. The number of aliphatic hydroxyl groups is 1.